The van der Waals surface area contributed by atoms with Gasteiger partial charge in [0.15, 0.2) is 11.6 Å². The number of carbonyl (C=O) groups excluding carboxylic acids is 1. The molecule has 2 N–H and O–H groups in total. The van der Waals surface area contributed by atoms with Crippen molar-refractivity contribution >= 4 is 6.03 Å². The number of amides is 2. The Labute approximate surface area is 138 Å². The zero-order valence-corrected chi connectivity index (χ0v) is 12.8. The van der Waals surface area contributed by atoms with Gasteiger partial charge in [-0.2, -0.15) is 0 Å². The first-order valence-electron chi connectivity index (χ1n) is 7.24. The highest BCUT2D eigenvalue weighted by Crippen LogP contribution is 2.17. The quantitative estimate of drug-likeness (QED) is 0.828. The van der Waals surface area contributed by atoms with Crippen LogP contribution in [-0.4, -0.2) is 19.2 Å². The topological polar surface area (TPSA) is 50.4 Å². The van der Waals surface area contributed by atoms with E-state index in [0.717, 1.165) is 17.7 Å². The standard InChI is InChI=1S/C18H16F2N2O2/c19-15-8-9-17(16(20)12-15)24-11-5-4-10-21-18(23)22-13-14-6-2-1-3-7-14/h1-3,6-9,12H,10-11,13H2,(H2,21,22,23). The summed E-state index contributed by atoms with van der Waals surface area (Å²) in [6.45, 7) is 0.499. The lowest BCUT2D eigenvalue weighted by atomic mass is 10.2. The molecule has 2 amide bonds. The lowest BCUT2D eigenvalue weighted by Crippen LogP contribution is -2.35. The molecule has 0 heterocycles. The van der Waals surface area contributed by atoms with Crippen LogP contribution in [0, 0.1) is 23.5 Å². The summed E-state index contributed by atoms with van der Waals surface area (Å²) in [6.07, 6.45) is 0. The molecule has 0 atom stereocenters. The van der Waals surface area contributed by atoms with Gasteiger partial charge in [0, 0.05) is 12.6 Å². The van der Waals surface area contributed by atoms with Crippen molar-refractivity contribution in [3.63, 3.8) is 0 Å². The largest absolute Gasteiger partial charge is 0.478 e. The first-order chi connectivity index (χ1) is 11.6. The summed E-state index contributed by atoms with van der Waals surface area (Å²) in [5, 5.41) is 5.26. The fourth-order valence-electron chi connectivity index (χ4n) is 1.78. The van der Waals surface area contributed by atoms with Gasteiger partial charge in [0.25, 0.3) is 0 Å². The van der Waals surface area contributed by atoms with E-state index in [1.807, 2.05) is 30.3 Å². The van der Waals surface area contributed by atoms with E-state index in [9.17, 15) is 13.6 Å². The summed E-state index contributed by atoms with van der Waals surface area (Å²) in [5.74, 6) is 3.78. The lowest BCUT2D eigenvalue weighted by molar-refractivity contribution is 0.241. The summed E-state index contributed by atoms with van der Waals surface area (Å²) in [7, 11) is 0. The van der Waals surface area contributed by atoms with Gasteiger partial charge in [-0.15, -0.1) is 0 Å². The van der Waals surface area contributed by atoms with E-state index in [4.69, 9.17) is 4.74 Å². The molecule has 4 nitrogen and oxygen atoms in total. The van der Waals surface area contributed by atoms with Crippen molar-refractivity contribution in [1.82, 2.24) is 10.6 Å². The molecule has 0 aliphatic heterocycles. The van der Waals surface area contributed by atoms with Crippen molar-refractivity contribution in [2.24, 2.45) is 0 Å². The number of ether oxygens (including phenoxy) is 1. The van der Waals surface area contributed by atoms with E-state index >= 15 is 0 Å². The molecule has 0 bridgehead atoms. The van der Waals surface area contributed by atoms with E-state index in [0.29, 0.717) is 6.54 Å². The van der Waals surface area contributed by atoms with Crippen molar-refractivity contribution in [3.8, 4) is 17.6 Å². The minimum Gasteiger partial charge on any atom is -0.478 e. The SMILES string of the molecule is O=C(NCC#CCOc1ccc(F)cc1F)NCc1ccccc1. The van der Waals surface area contributed by atoms with Crippen molar-refractivity contribution in [1.29, 1.82) is 0 Å². The van der Waals surface area contributed by atoms with Gasteiger partial charge in [0.1, 0.15) is 12.4 Å². The smallest absolute Gasteiger partial charge is 0.315 e. The number of nitrogens with one attached hydrogen (secondary N) is 2. The number of hydrogen-bond donors (Lipinski definition) is 2. The third-order valence-corrected chi connectivity index (χ3v) is 2.95. The molecule has 0 aliphatic rings. The Morgan fingerprint density at radius 1 is 1.04 bits per heavy atom. The van der Waals surface area contributed by atoms with E-state index in [1.54, 1.807) is 0 Å². The van der Waals surface area contributed by atoms with Crippen LogP contribution in [0.1, 0.15) is 5.56 Å². The number of rotatable bonds is 5. The molecule has 0 spiro atoms. The van der Waals surface area contributed by atoms with Crippen LogP contribution in [0.25, 0.3) is 0 Å². The van der Waals surface area contributed by atoms with Crippen LogP contribution in [-0.2, 0) is 6.54 Å². The molecule has 2 aromatic rings. The number of benzene rings is 2. The Bertz CT molecular complexity index is 740. The van der Waals surface area contributed by atoms with Gasteiger partial charge < -0.3 is 15.4 Å². The molecule has 0 aromatic heterocycles. The Morgan fingerprint density at radius 2 is 1.83 bits per heavy atom. The Morgan fingerprint density at radius 3 is 2.58 bits per heavy atom. The van der Waals surface area contributed by atoms with Crippen molar-refractivity contribution in [2.75, 3.05) is 13.2 Å². The van der Waals surface area contributed by atoms with Crippen LogP contribution in [0.15, 0.2) is 48.5 Å². The summed E-state index contributed by atoms with van der Waals surface area (Å²) in [4.78, 5) is 11.5. The highest BCUT2D eigenvalue weighted by Gasteiger charge is 2.03. The predicted molar refractivity (Wildman–Crippen MR) is 86.3 cm³/mol. The normalized spacial score (nSPS) is 9.58. The number of urea groups is 1. The summed E-state index contributed by atoms with van der Waals surface area (Å²) >= 11 is 0. The molecule has 2 aromatic carbocycles. The predicted octanol–water partition coefficient (Wildman–Crippen LogP) is 2.85. The molecule has 0 saturated carbocycles. The van der Waals surface area contributed by atoms with Gasteiger partial charge in [-0.3, -0.25) is 0 Å². The second-order valence-corrected chi connectivity index (χ2v) is 4.74. The minimum absolute atomic E-state index is 0.0597. The lowest BCUT2D eigenvalue weighted by Gasteiger charge is -2.05. The molecular weight excluding hydrogens is 314 g/mol. The highest BCUT2D eigenvalue weighted by molar-refractivity contribution is 5.74. The van der Waals surface area contributed by atoms with Crippen molar-refractivity contribution in [3.05, 3.63) is 65.7 Å². The molecule has 0 saturated heterocycles. The van der Waals surface area contributed by atoms with Gasteiger partial charge in [0.05, 0.1) is 6.54 Å². The molecule has 24 heavy (non-hydrogen) atoms. The minimum atomic E-state index is -0.782. The van der Waals surface area contributed by atoms with Gasteiger partial charge in [-0.25, -0.2) is 13.6 Å². The first kappa shape index (κ1) is 17.3. The average Bonchev–Trinajstić information content (AvgIpc) is 2.58. The number of halogens is 2. The highest BCUT2D eigenvalue weighted by atomic mass is 19.1. The Balaban J connectivity index is 1.63. The third kappa shape index (κ3) is 5.97. The zero-order chi connectivity index (χ0) is 17.2. The van der Waals surface area contributed by atoms with Gasteiger partial charge in [-0.05, 0) is 17.7 Å². The molecule has 0 aliphatic carbocycles. The van der Waals surface area contributed by atoms with E-state index in [-0.39, 0.29) is 24.9 Å². The second kappa shape index (κ2) is 9.16. The fraction of sp³-hybridized carbons (Fsp3) is 0.167. The summed E-state index contributed by atoms with van der Waals surface area (Å²) in [6, 6.07) is 12.2. The van der Waals surface area contributed by atoms with Gasteiger partial charge in [0.2, 0.25) is 0 Å². The van der Waals surface area contributed by atoms with Crippen LogP contribution in [0.2, 0.25) is 0 Å². The molecule has 6 heteroatoms. The van der Waals surface area contributed by atoms with Crippen LogP contribution in [0.3, 0.4) is 0 Å². The average molecular weight is 330 g/mol. The van der Waals surface area contributed by atoms with Crippen LogP contribution in [0.4, 0.5) is 13.6 Å². The summed E-state index contributed by atoms with van der Waals surface area (Å²) in [5.41, 5.74) is 0.994. The molecule has 0 fully saturated rings. The summed E-state index contributed by atoms with van der Waals surface area (Å²) < 4.78 is 31.1. The molecule has 0 radical (unpaired) electrons. The Hall–Kier alpha value is -3.07. The van der Waals surface area contributed by atoms with E-state index in [2.05, 4.69) is 22.5 Å². The van der Waals surface area contributed by atoms with Gasteiger partial charge in [-0.1, -0.05) is 42.2 Å². The monoisotopic (exact) mass is 330 g/mol. The third-order valence-electron chi connectivity index (χ3n) is 2.95. The van der Waals surface area contributed by atoms with Crippen LogP contribution in [0.5, 0.6) is 5.75 Å². The molecule has 2 rings (SSSR count). The maximum atomic E-state index is 13.3. The first-order valence-corrected chi connectivity index (χ1v) is 7.24. The molecule has 124 valence electrons. The van der Waals surface area contributed by atoms with E-state index in [1.165, 1.54) is 6.07 Å². The van der Waals surface area contributed by atoms with E-state index < -0.39 is 11.6 Å². The van der Waals surface area contributed by atoms with Crippen LogP contribution < -0.4 is 15.4 Å². The maximum absolute atomic E-state index is 13.3. The zero-order valence-electron chi connectivity index (χ0n) is 12.8. The fourth-order valence-corrected chi connectivity index (χ4v) is 1.78. The maximum Gasteiger partial charge on any atom is 0.315 e. The number of hydrogen-bond acceptors (Lipinski definition) is 2. The Kier molecular flexibility index (Phi) is 6.59. The number of carbonyl (C=O) groups is 1. The molecular formula is C18H16F2N2O2. The van der Waals surface area contributed by atoms with Gasteiger partial charge >= 0.3 is 6.03 Å². The second-order valence-electron chi connectivity index (χ2n) is 4.74. The van der Waals surface area contributed by atoms with Crippen LogP contribution >= 0.6 is 0 Å². The molecule has 0 unspecified atom stereocenters. The van der Waals surface area contributed by atoms with Crippen molar-refractivity contribution in [2.45, 2.75) is 6.54 Å². The van der Waals surface area contributed by atoms with Crippen molar-refractivity contribution < 1.29 is 18.3 Å².